The topological polar surface area (TPSA) is 83.4 Å². The number of nitrogens with zero attached hydrogens (tertiary/aromatic N) is 5. The molecular weight excluding hydrogens is 436 g/mol. The number of nitrogens with one attached hydrogen (secondary N) is 1. The number of aromatic nitrogens is 3. The molecule has 2 fully saturated rings. The second kappa shape index (κ2) is 9.18. The molecule has 1 N–H and O–H groups in total. The Hall–Kier alpha value is -2.26. The van der Waals surface area contributed by atoms with Crippen molar-refractivity contribution in [3.05, 3.63) is 33.8 Å². The van der Waals surface area contributed by atoms with Gasteiger partial charge in [0, 0.05) is 68.8 Å². The minimum atomic E-state index is -0.00763. The van der Waals surface area contributed by atoms with E-state index in [0.29, 0.717) is 24.7 Å². The van der Waals surface area contributed by atoms with Gasteiger partial charge in [-0.2, -0.15) is 0 Å². The average Bonchev–Trinajstić information content (AvgIpc) is 3.46. The smallest absolute Gasteiger partial charge is 0.219 e. The summed E-state index contributed by atoms with van der Waals surface area (Å²) >= 11 is 1.61. The highest BCUT2D eigenvalue weighted by Gasteiger charge is 2.42. The summed E-state index contributed by atoms with van der Waals surface area (Å²) in [5, 5.41) is 6.07. The van der Waals surface area contributed by atoms with Gasteiger partial charge in [0.25, 0.3) is 0 Å². The number of carbonyl (C=O) groups excluding carboxylic acids is 2. The molecule has 9 heteroatoms. The molecule has 2 aromatic heterocycles. The van der Waals surface area contributed by atoms with Crippen molar-refractivity contribution < 1.29 is 9.59 Å². The van der Waals surface area contributed by atoms with Gasteiger partial charge in [-0.05, 0) is 39.0 Å². The van der Waals surface area contributed by atoms with E-state index >= 15 is 0 Å². The molecule has 3 aliphatic rings. The van der Waals surface area contributed by atoms with Crippen LogP contribution in [-0.4, -0.2) is 61.3 Å². The SMILES string of the molecule is CC(=O)N[C@@H](CCN1[C@@H]2CC[C@H]1CC(n1c(C)nc3c1CCN(C(C)=O)C3)C2)c1nccs1. The van der Waals surface area contributed by atoms with Gasteiger partial charge in [-0.15, -0.1) is 11.3 Å². The van der Waals surface area contributed by atoms with Crippen LogP contribution in [-0.2, 0) is 22.6 Å². The van der Waals surface area contributed by atoms with Gasteiger partial charge in [0.2, 0.25) is 11.8 Å². The maximum Gasteiger partial charge on any atom is 0.219 e. The Bertz CT molecular complexity index is 1000. The number of rotatable bonds is 6. The van der Waals surface area contributed by atoms with Crippen molar-refractivity contribution in [3.63, 3.8) is 0 Å². The molecule has 2 bridgehead atoms. The van der Waals surface area contributed by atoms with Crippen LogP contribution in [0.3, 0.4) is 0 Å². The van der Waals surface area contributed by atoms with Crippen molar-refractivity contribution in [2.24, 2.45) is 0 Å². The first-order valence-corrected chi connectivity index (χ1v) is 13.0. The van der Waals surface area contributed by atoms with Gasteiger partial charge in [0.1, 0.15) is 10.8 Å². The van der Waals surface area contributed by atoms with Crippen LogP contribution >= 0.6 is 11.3 Å². The number of piperidine rings is 1. The van der Waals surface area contributed by atoms with Gasteiger partial charge in [0.05, 0.1) is 18.3 Å². The fraction of sp³-hybridized carbons (Fsp3) is 0.667. The van der Waals surface area contributed by atoms with Crippen LogP contribution in [0.1, 0.15) is 80.3 Å². The Labute approximate surface area is 199 Å². The van der Waals surface area contributed by atoms with Gasteiger partial charge in [0.15, 0.2) is 0 Å². The zero-order chi connectivity index (χ0) is 23.1. The van der Waals surface area contributed by atoms with Crippen LogP contribution < -0.4 is 5.32 Å². The zero-order valence-electron chi connectivity index (χ0n) is 19.8. The van der Waals surface area contributed by atoms with Crippen molar-refractivity contribution in [2.75, 3.05) is 13.1 Å². The fourth-order valence-electron chi connectivity index (χ4n) is 6.30. The predicted octanol–water partition coefficient (Wildman–Crippen LogP) is 2.99. The minimum absolute atomic E-state index is 0.000533. The second-order valence-corrected chi connectivity index (χ2v) is 10.7. The van der Waals surface area contributed by atoms with E-state index in [1.54, 1.807) is 25.2 Å². The molecule has 33 heavy (non-hydrogen) atoms. The average molecular weight is 471 g/mol. The predicted molar refractivity (Wildman–Crippen MR) is 127 cm³/mol. The Morgan fingerprint density at radius 1 is 1.21 bits per heavy atom. The molecule has 2 aromatic rings. The molecule has 0 aliphatic carbocycles. The summed E-state index contributed by atoms with van der Waals surface area (Å²) in [6.45, 7) is 7.77. The van der Waals surface area contributed by atoms with Crippen molar-refractivity contribution in [3.8, 4) is 0 Å². The molecule has 2 saturated heterocycles. The fourth-order valence-corrected chi connectivity index (χ4v) is 7.03. The highest BCUT2D eigenvalue weighted by Crippen LogP contribution is 2.43. The van der Waals surface area contributed by atoms with E-state index < -0.39 is 0 Å². The highest BCUT2D eigenvalue weighted by atomic mass is 32.1. The van der Waals surface area contributed by atoms with Gasteiger partial charge >= 0.3 is 0 Å². The number of carbonyl (C=O) groups is 2. The maximum absolute atomic E-state index is 11.8. The van der Waals surface area contributed by atoms with E-state index in [0.717, 1.165) is 55.3 Å². The molecule has 0 spiro atoms. The summed E-state index contributed by atoms with van der Waals surface area (Å²) in [5.74, 6) is 1.23. The molecule has 8 nitrogen and oxygen atoms in total. The Morgan fingerprint density at radius 2 is 1.97 bits per heavy atom. The van der Waals surface area contributed by atoms with Gasteiger partial charge in [-0.3, -0.25) is 14.5 Å². The second-order valence-electron chi connectivity index (χ2n) is 9.77. The highest BCUT2D eigenvalue weighted by molar-refractivity contribution is 7.09. The van der Waals surface area contributed by atoms with Crippen molar-refractivity contribution in [2.45, 2.75) is 90.0 Å². The monoisotopic (exact) mass is 470 g/mol. The summed E-state index contributed by atoms with van der Waals surface area (Å²) < 4.78 is 2.51. The van der Waals surface area contributed by atoms with Crippen LogP contribution in [0.15, 0.2) is 11.6 Å². The summed E-state index contributed by atoms with van der Waals surface area (Å²) in [6.07, 6.45) is 8.40. The number of fused-ring (bicyclic) bond motifs is 3. The van der Waals surface area contributed by atoms with E-state index in [2.05, 4.69) is 26.7 Å². The lowest BCUT2D eigenvalue weighted by Gasteiger charge is -2.41. The van der Waals surface area contributed by atoms with E-state index in [9.17, 15) is 9.59 Å². The zero-order valence-corrected chi connectivity index (χ0v) is 20.6. The molecule has 3 aliphatic heterocycles. The van der Waals surface area contributed by atoms with Crippen LogP contribution in [0.5, 0.6) is 0 Å². The number of amides is 2. The maximum atomic E-state index is 11.8. The van der Waals surface area contributed by atoms with Crippen LogP contribution in [0, 0.1) is 6.92 Å². The Morgan fingerprint density at radius 3 is 2.61 bits per heavy atom. The van der Waals surface area contributed by atoms with E-state index in [-0.39, 0.29) is 17.9 Å². The van der Waals surface area contributed by atoms with Crippen LogP contribution in [0.4, 0.5) is 0 Å². The molecule has 0 radical (unpaired) electrons. The first-order valence-electron chi connectivity index (χ1n) is 12.1. The quantitative estimate of drug-likeness (QED) is 0.702. The number of imidazole rings is 1. The molecule has 4 atom stereocenters. The van der Waals surface area contributed by atoms with Gasteiger partial charge in [-0.25, -0.2) is 9.97 Å². The number of hydrogen-bond donors (Lipinski definition) is 1. The standard InChI is InChI=1S/C24H34N6O2S/c1-15-26-22-14-28(17(3)32)9-7-23(22)30(15)20-12-18-4-5-19(13-20)29(18)10-6-21(27-16(2)31)24-25-8-11-33-24/h8,11,18-21H,4-7,9-10,12-14H2,1-3H3,(H,27,31)/t18-,19+,20?,21-/m0/s1. The number of hydrogen-bond acceptors (Lipinski definition) is 6. The third-order valence-electron chi connectivity index (χ3n) is 7.70. The third kappa shape index (κ3) is 4.45. The Balaban J connectivity index is 1.27. The normalized spacial score (nSPS) is 25.7. The first kappa shape index (κ1) is 22.5. The summed E-state index contributed by atoms with van der Waals surface area (Å²) in [7, 11) is 0. The molecule has 0 aromatic carbocycles. The van der Waals surface area contributed by atoms with Crippen molar-refractivity contribution in [1.82, 2.24) is 29.7 Å². The van der Waals surface area contributed by atoms with Crippen molar-refractivity contribution >= 4 is 23.2 Å². The molecule has 178 valence electrons. The first-order chi connectivity index (χ1) is 15.9. The molecular formula is C24H34N6O2S. The van der Waals surface area contributed by atoms with E-state index in [4.69, 9.17) is 4.98 Å². The molecule has 1 unspecified atom stereocenters. The van der Waals surface area contributed by atoms with Crippen LogP contribution in [0.25, 0.3) is 0 Å². The van der Waals surface area contributed by atoms with Crippen LogP contribution in [0.2, 0.25) is 0 Å². The molecule has 2 amide bonds. The molecule has 5 rings (SSSR count). The largest absolute Gasteiger partial charge is 0.347 e. The lowest BCUT2D eigenvalue weighted by atomic mass is 9.95. The molecule has 5 heterocycles. The number of aryl methyl sites for hydroxylation is 1. The van der Waals surface area contributed by atoms with Crippen molar-refractivity contribution in [1.29, 1.82) is 0 Å². The number of thiazole rings is 1. The van der Waals surface area contributed by atoms with E-state index in [1.807, 2.05) is 16.5 Å². The Kier molecular flexibility index (Phi) is 6.26. The summed E-state index contributed by atoms with van der Waals surface area (Å²) in [6, 6.07) is 1.64. The summed E-state index contributed by atoms with van der Waals surface area (Å²) in [4.78, 5) is 37.5. The van der Waals surface area contributed by atoms with E-state index in [1.165, 1.54) is 18.5 Å². The molecule has 0 saturated carbocycles. The van der Waals surface area contributed by atoms with Gasteiger partial charge < -0.3 is 14.8 Å². The lowest BCUT2D eigenvalue weighted by Crippen LogP contribution is -2.45. The van der Waals surface area contributed by atoms with Gasteiger partial charge in [-0.1, -0.05) is 0 Å². The third-order valence-corrected chi connectivity index (χ3v) is 8.59. The lowest BCUT2D eigenvalue weighted by molar-refractivity contribution is -0.129. The minimum Gasteiger partial charge on any atom is -0.347 e. The summed E-state index contributed by atoms with van der Waals surface area (Å²) in [5.41, 5.74) is 2.43.